The largest absolute Gasteiger partial charge is 0.522 e. The van der Waals surface area contributed by atoms with Crippen molar-refractivity contribution in [1.82, 2.24) is 0 Å². The van der Waals surface area contributed by atoms with Gasteiger partial charge in [0.05, 0.1) is 0 Å². The Morgan fingerprint density at radius 3 is 1.33 bits per heavy atom. The summed E-state index contributed by atoms with van der Waals surface area (Å²) in [6.07, 6.45) is 0. The van der Waals surface area contributed by atoms with Crippen molar-refractivity contribution in [2.24, 2.45) is 0 Å². The molecule has 0 spiro atoms. The third kappa shape index (κ3) is 3.76. The molecule has 0 aliphatic heterocycles. The summed E-state index contributed by atoms with van der Waals surface area (Å²) in [5, 5.41) is 0. The molecule has 54 valence electrons. The van der Waals surface area contributed by atoms with Gasteiger partial charge in [-0.25, -0.2) is 0 Å². The maximum atomic E-state index is 10.7. The smallest absolute Gasteiger partial charge is 0.279 e. The van der Waals surface area contributed by atoms with Gasteiger partial charge in [-0.2, -0.15) is 21.6 Å². The fourth-order valence-electron chi connectivity index (χ4n) is 0. The van der Waals surface area contributed by atoms with E-state index in [-0.39, 0.29) is 17.6 Å². The van der Waals surface area contributed by atoms with Gasteiger partial charge < -0.3 is 0 Å². The van der Waals surface area contributed by atoms with E-state index in [0.717, 1.165) is 0 Å². The molecule has 0 atom stereocenters. The Hall–Kier alpha value is 0.243. The van der Waals surface area contributed by atoms with Gasteiger partial charge in [-0.3, -0.25) is 4.55 Å². The first kappa shape index (κ1) is 12.0. The van der Waals surface area contributed by atoms with Gasteiger partial charge in [-0.15, -0.1) is 0 Å². The van der Waals surface area contributed by atoms with Crippen LogP contribution in [0.5, 0.6) is 0 Å². The van der Waals surface area contributed by atoms with E-state index in [9.17, 15) is 13.2 Å². The molecule has 0 aliphatic carbocycles. The van der Waals surface area contributed by atoms with Gasteiger partial charge in [0.1, 0.15) is 0 Å². The molecule has 0 fully saturated rings. The molecule has 1 N–H and O–H groups in total. The SMILES string of the molecule is O=S(=O)(O)C(F)(F)F.[Ge]. The molecule has 0 unspecified atom stereocenters. The minimum absolute atomic E-state index is 0. The first-order valence-electron chi connectivity index (χ1n) is 1.29. The van der Waals surface area contributed by atoms with Crippen LogP contribution in [0.2, 0.25) is 0 Å². The van der Waals surface area contributed by atoms with Crippen molar-refractivity contribution in [1.29, 1.82) is 0 Å². The Morgan fingerprint density at radius 2 is 1.33 bits per heavy atom. The van der Waals surface area contributed by atoms with Crippen molar-refractivity contribution < 1.29 is 26.1 Å². The second-order valence-electron chi connectivity index (χ2n) is 0.921. The molecule has 0 amide bonds. The molecule has 0 aromatic rings. The van der Waals surface area contributed by atoms with Crippen LogP contribution >= 0.6 is 0 Å². The van der Waals surface area contributed by atoms with Gasteiger partial charge >= 0.3 is 15.6 Å². The maximum Gasteiger partial charge on any atom is 0.522 e. The third-order valence-electron chi connectivity index (χ3n) is 0.292. The predicted octanol–water partition coefficient (Wildman–Crippen LogP) is 0.0132. The Kier molecular flexibility index (Phi) is 3.84. The Bertz CT molecular complexity index is 168. The number of rotatable bonds is 0. The standard InChI is InChI=1S/CHF3O3S.Ge/c2-1(3,4)8(5,6)7;/h(H,5,6,7);. The number of alkyl halides is 3. The zero-order valence-corrected chi connectivity index (χ0v) is 6.72. The number of hydrogen-bond acceptors (Lipinski definition) is 2. The summed E-state index contributed by atoms with van der Waals surface area (Å²) >= 11 is 0. The molecular formula is CHF3GeO3S. The van der Waals surface area contributed by atoms with E-state index in [1.165, 1.54) is 0 Å². The number of hydrogen-bond donors (Lipinski definition) is 1. The summed E-state index contributed by atoms with van der Waals surface area (Å²) in [5.41, 5.74) is -5.53. The van der Waals surface area contributed by atoms with E-state index in [1.54, 1.807) is 0 Å². The van der Waals surface area contributed by atoms with Gasteiger partial charge in [0.2, 0.25) is 0 Å². The predicted molar refractivity (Wildman–Crippen MR) is 23.4 cm³/mol. The summed E-state index contributed by atoms with van der Waals surface area (Å²) in [4.78, 5) is 0. The molecule has 0 heterocycles. The van der Waals surface area contributed by atoms with Crippen molar-refractivity contribution >= 4 is 27.7 Å². The molecule has 8 heteroatoms. The molecule has 0 aliphatic rings. The van der Waals surface area contributed by atoms with Crippen molar-refractivity contribution in [3.63, 3.8) is 0 Å². The van der Waals surface area contributed by atoms with Gasteiger partial charge in [0, 0.05) is 17.6 Å². The first-order chi connectivity index (χ1) is 3.25. The van der Waals surface area contributed by atoms with Gasteiger partial charge in [0.15, 0.2) is 0 Å². The molecule has 4 radical (unpaired) electrons. The summed E-state index contributed by atoms with van der Waals surface area (Å²) in [6, 6.07) is 0. The van der Waals surface area contributed by atoms with Crippen molar-refractivity contribution in [2.75, 3.05) is 0 Å². The molecule has 0 saturated carbocycles. The zero-order chi connectivity index (χ0) is 7.00. The zero-order valence-electron chi connectivity index (χ0n) is 3.81. The Labute approximate surface area is 60.0 Å². The van der Waals surface area contributed by atoms with Crippen LogP contribution < -0.4 is 0 Å². The van der Waals surface area contributed by atoms with Crippen LogP contribution in [0.15, 0.2) is 0 Å². The maximum absolute atomic E-state index is 10.7. The average molecular weight is 223 g/mol. The van der Waals surface area contributed by atoms with Crippen LogP contribution in [0.4, 0.5) is 13.2 Å². The second kappa shape index (κ2) is 2.88. The minimum atomic E-state index is -5.84. The fourth-order valence-corrected chi connectivity index (χ4v) is 0. The third-order valence-corrected chi connectivity index (χ3v) is 0.877. The molecule has 0 saturated heterocycles. The second-order valence-corrected chi connectivity index (χ2v) is 2.33. The van der Waals surface area contributed by atoms with E-state index in [4.69, 9.17) is 13.0 Å². The van der Waals surface area contributed by atoms with E-state index in [2.05, 4.69) is 0 Å². The van der Waals surface area contributed by atoms with Gasteiger partial charge in [-0.05, 0) is 0 Å². The van der Waals surface area contributed by atoms with E-state index in [0.29, 0.717) is 0 Å². The molecular weight excluding hydrogens is 222 g/mol. The molecule has 0 rings (SSSR count). The molecule has 3 nitrogen and oxygen atoms in total. The van der Waals surface area contributed by atoms with Crippen molar-refractivity contribution in [3.05, 3.63) is 0 Å². The van der Waals surface area contributed by atoms with Crippen LogP contribution in [0.3, 0.4) is 0 Å². The van der Waals surface area contributed by atoms with Crippen LogP contribution in [-0.4, -0.2) is 36.1 Å². The van der Waals surface area contributed by atoms with E-state index >= 15 is 0 Å². The summed E-state index contributed by atoms with van der Waals surface area (Å²) < 4.78 is 57.5. The Balaban J connectivity index is 0. The molecule has 0 bridgehead atoms. The van der Waals surface area contributed by atoms with Crippen LogP contribution in [0.1, 0.15) is 0 Å². The quantitative estimate of drug-likeness (QED) is 0.357. The van der Waals surface area contributed by atoms with Crippen LogP contribution in [0.25, 0.3) is 0 Å². The minimum Gasteiger partial charge on any atom is -0.279 e. The summed E-state index contributed by atoms with van der Waals surface area (Å²) in [5.74, 6) is 0. The van der Waals surface area contributed by atoms with Crippen molar-refractivity contribution in [3.8, 4) is 0 Å². The first-order valence-corrected chi connectivity index (χ1v) is 2.73. The molecule has 9 heavy (non-hydrogen) atoms. The summed E-state index contributed by atoms with van der Waals surface area (Å²) in [6.45, 7) is 0. The monoisotopic (exact) mass is 224 g/mol. The molecule has 0 aromatic carbocycles. The Morgan fingerprint density at radius 1 is 1.22 bits per heavy atom. The summed E-state index contributed by atoms with van der Waals surface area (Å²) in [7, 11) is -5.84. The topological polar surface area (TPSA) is 54.4 Å². The van der Waals surface area contributed by atoms with Gasteiger partial charge in [0.25, 0.3) is 0 Å². The molecule has 0 aromatic heterocycles. The van der Waals surface area contributed by atoms with E-state index in [1.807, 2.05) is 0 Å². The fraction of sp³-hybridized carbons (Fsp3) is 1.00. The van der Waals surface area contributed by atoms with Gasteiger partial charge in [-0.1, -0.05) is 0 Å². The normalized spacial score (nSPS) is 12.4. The average Bonchev–Trinajstić information content (AvgIpc) is 1.25. The van der Waals surface area contributed by atoms with Crippen LogP contribution in [0, 0.1) is 0 Å². The van der Waals surface area contributed by atoms with Crippen molar-refractivity contribution in [2.45, 2.75) is 5.51 Å². The van der Waals surface area contributed by atoms with Crippen LogP contribution in [-0.2, 0) is 10.1 Å². The number of halogens is 3. The van der Waals surface area contributed by atoms with E-state index < -0.39 is 15.6 Å².